The van der Waals surface area contributed by atoms with E-state index in [2.05, 4.69) is 26.3 Å². The van der Waals surface area contributed by atoms with Gasteiger partial charge in [0, 0.05) is 0 Å². The van der Waals surface area contributed by atoms with Crippen molar-refractivity contribution in [2.24, 2.45) is 0 Å². The molecule has 0 N–H and O–H groups in total. The molecular weight excluding hydrogens is 156 g/mol. The second kappa shape index (κ2) is 8.79. The first-order valence-corrected chi connectivity index (χ1v) is 4.44. The van der Waals surface area contributed by atoms with E-state index in [4.69, 9.17) is 0 Å². The Bertz CT molecular complexity index is 216. The van der Waals surface area contributed by atoms with E-state index in [-0.39, 0.29) is 0 Å². The van der Waals surface area contributed by atoms with Crippen molar-refractivity contribution in [3.05, 3.63) is 61.3 Å². The zero-order chi connectivity index (χ0) is 10.9. The molecule has 0 aliphatic carbocycles. The summed E-state index contributed by atoms with van der Waals surface area (Å²) in [5.41, 5.74) is 2.97. The largest absolute Gasteiger partial charge is 0.0984 e. The topological polar surface area (TPSA) is 0 Å². The van der Waals surface area contributed by atoms with Crippen LogP contribution in [-0.4, -0.2) is 0 Å². The molecule has 0 spiro atoms. The van der Waals surface area contributed by atoms with Gasteiger partial charge in [0.1, 0.15) is 0 Å². The van der Waals surface area contributed by atoms with E-state index in [1.165, 1.54) is 0 Å². The zero-order valence-corrected chi connectivity index (χ0v) is 9.06. The van der Waals surface area contributed by atoms with Gasteiger partial charge in [0.15, 0.2) is 0 Å². The molecule has 0 radical (unpaired) electrons. The molecule has 0 aliphatic heterocycles. The van der Waals surface area contributed by atoms with Crippen LogP contribution in [0.3, 0.4) is 0 Å². The first kappa shape index (κ1) is 14.2. The number of rotatable bonds is 4. The molecular formula is C13H20. The van der Waals surface area contributed by atoms with Crippen molar-refractivity contribution in [3.63, 3.8) is 0 Å². The van der Waals surface area contributed by atoms with Crippen LogP contribution in [0.5, 0.6) is 0 Å². The van der Waals surface area contributed by atoms with Crippen LogP contribution in [0.2, 0.25) is 0 Å². The number of hydrogen-bond donors (Lipinski definition) is 0. The molecule has 0 heteroatoms. The summed E-state index contributed by atoms with van der Waals surface area (Å²) in [7, 11) is 0. The molecule has 0 nitrogen and oxygen atoms in total. The smallest absolute Gasteiger partial charge is 0.0167 e. The quantitative estimate of drug-likeness (QED) is 0.555. The minimum atomic E-state index is 0.979. The second-order valence-corrected chi connectivity index (χ2v) is 2.26. The van der Waals surface area contributed by atoms with E-state index in [1.807, 2.05) is 20.8 Å². The molecule has 0 aromatic heterocycles. The first-order chi connectivity index (χ1) is 6.17. The Morgan fingerprint density at radius 1 is 0.923 bits per heavy atom. The molecule has 0 amide bonds. The average Bonchev–Trinajstić information content (AvgIpc) is 2.16. The number of allylic oxidation sites excluding steroid dienone is 6. The highest BCUT2D eigenvalue weighted by Gasteiger charge is 1.95. The van der Waals surface area contributed by atoms with Crippen LogP contribution in [0.25, 0.3) is 0 Å². The molecule has 13 heavy (non-hydrogen) atoms. The van der Waals surface area contributed by atoms with Gasteiger partial charge in [-0.2, -0.15) is 0 Å². The van der Waals surface area contributed by atoms with Gasteiger partial charge in [0.05, 0.1) is 0 Å². The fourth-order valence-corrected chi connectivity index (χ4v) is 0.842. The number of hydrogen-bond acceptors (Lipinski definition) is 0. The Balaban J connectivity index is 0. The van der Waals surface area contributed by atoms with Crippen LogP contribution in [0.1, 0.15) is 20.8 Å². The lowest BCUT2D eigenvalue weighted by atomic mass is 10.0. The first-order valence-electron chi connectivity index (χ1n) is 4.44. The summed E-state index contributed by atoms with van der Waals surface area (Å²) in [5.74, 6) is 0. The zero-order valence-electron chi connectivity index (χ0n) is 9.06. The molecule has 0 saturated heterocycles. The van der Waals surface area contributed by atoms with Gasteiger partial charge >= 0.3 is 0 Å². The summed E-state index contributed by atoms with van der Waals surface area (Å²) < 4.78 is 0. The van der Waals surface area contributed by atoms with E-state index in [1.54, 1.807) is 18.2 Å². The van der Waals surface area contributed by atoms with Gasteiger partial charge in [-0.1, -0.05) is 64.0 Å². The molecule has 72 valence electrons. The van der Waals surface area contributed by atoms with E-state index < -0.39 is 0 Å². The molecule has 0 heterocycles. The molecule has 0 bridgehead atoms. The van der Waals surface area contributed by atoms with Crippen molar-refractivity contribution >= 4 is 0 Å². The van der Waals surface area contributed by atoms with Gasteiger partial charge in [-0.15, -0.1) is 0 Å². The molecule has 0 aliphatic rings. The average molecular weight is 176 g/mol. The molecule has 0 atom stereocenters. The van der Waals surface area contributed by atoms with Crippen molar-refractivity contribution in [3.8, 4) is 0 Å². The van der Waals surface area contributed by atoms with E-state index in [9.17, 15) is 0 Å². The summed E-state index contributed by atoms with van der Waals surface area (Å²) in [6.45, 7) is 20.8. The van der Waals surface area contributed by atoms with Gasteiger partial charge in [0.2, 0.25) is 0 Å². The molecule has 0 fully saturated rings. The fraction of sp³-hybridized carbons (Fsp3) is 0.231. The Hall–Kier alpha value is -1.30. The normalized spacial score (nSPS) is 7.31. The Morgan fingerprint density at radius 3 is 1.38 bits per heavy atom. The third-order valence-corrected chi connectivity index (χ3v) is 1.41. The van der Waals surface area contributed by atoms with Gasteiger partial charge in [-0.25, -0.2) is 0 Å². The van der Waals surface area contributed by atoms with Crippen molar-refractivity contribution in [2.45, 2.75) is 20.8 Å². The minimum Gasteiger partial charge on any atom is -0.0984 e. The van der Waals surface area contributed by atoms with Gasteiger partial charge in [-0.05, 0) is 18.1 Å². The molecule has 0 rings (SSSR count). The van der Waals surface area contributed by atoms with Crippen molar-refractivity contribution < 1.29 is 0 Å². The monoisotopic (exact) mass is 176 g/mol. The third kappa shape index (κ3) is 5.02. The fourth-order valence-electron chi connectivity index (χ4n) is 0.842. The van der Waals surface area contributed by atoms with Gasteiger partial charge in [0.25, 0.3) is 0 Å². The Labute approximate surface area is 82.7 Å². The highest BCUT2D eigenvalue weighted by molar-refractivity contribution is 5.48. The lowest BCUT2D eigenvalue weighted by Crippen LogP contribution is -1.83. The van der Waals surface area contributed by atoms with Crippen LogP contribution in [0, 0.1) is 0 Å². The lowest BCUT2D eigenvalue weighted by Gasteiger charge is -2.03. The van der Waals surface area contributed by atoms with Crippen molar-refractivity contribution in [1.82, 2.24) is 0 Å². The summed E-state index contributed by atoms with van der Waals surface area (Å²) >= 11 is 0. The lowest BCUT2D eigenvalue weighted by molar-refractivity contribution is 1.42. The van der Waals surface area contributed by atoms with E-state index in [0.717, 1.165) is 16.7 Å². The van der Waals surface area contributed by atoms with E-state index >= 15 is 0 Å². The molecule has 0 aromatic carbocycles. The molecule has 0 aromatic rings. The van der Waals surface area contributed by atoms with Gasteiger partial charge in [-0.3, -0.25) is 0 Å². The van der Waals surface area contributed by atoms with Gasteiger partial charge < -0.3 is 0 Å². The molecule has 0 unspecified atom stereocenters. The van der Waals surface area contributed by atoms with Crippen LogP contribution in [0.4, 0.5) is 0 Å². The predicted octanol–water partition coefficient (Wildman–Crippen LogP) is 4.44. The van der Waals surface area contributed by atoms with E-state index in [0.29, 0.717) is 0 Å². The summed E-state index contributed by atoms with van der Waals surface area (Å²) in [6, 6.07) is 0. The Morgan fingerprint density at radius 2 is 1.31 bits per heavy atom. The summed E-state index contributed by atoms with van der Waals surface area (Å²) in [4.78, 5) is 0. The highest BCUT2D eigenvalue weighted by Crippen LogP contribution is 2.15. The predicted molar refractivity (Wildman–Crippen MR) is 63.8 cm³/mol. The van der Waals surface area contributed by atoms with Crippen LogP contribution < -0.4 is 0 Å². The van der Waals surface area contributed by atoms with Crippen molar-refractivity contribution in [2.75, 3.05) is 0 Å². The SMILES string of the molecule is C=CC(C=C)=C(C=C)C(=C)C.CC. The summed E-state index contributed by atoms with van der Waals surface area (Å²) in [6.07, 6.45) is 5.26. The molecule has 0 saturated carbocycles. The summed E-state index contributed by atoms with van der Waals surface area (Å²) in [5, 5.41) is 0. The minimum absolute atomic E-state index is 0.979. The van der Waals surface area contributed by atoms with Crippen LogP contribution in [-0.2, 0) is 0 Å². The van der Waals surface area contributed by atoms with Crippen molar-refractivity contribution in [1.29, 1.82) is 0 Å². The Kier molecular flexibility index (Phi) is 9.63. The third-order valence-electron chi connectivity index (χ3n) is 1.41. The second-order valence-electron chi connectivity index (χ2n) is 2.26. The highest BCUT2D eigenvalue weighted by atomic mass is 14.0. The standard InChI is InChI=1S/C11H14.C2H6/c1-6-10(7-2)11(8-3)9(4)5;1-2/h6-8H,1-4H2,5H3;1-2H3. The maximum absolute atomic E-state index is 3.82. The van der Waals surface area contributed by atoms with Crippen LogP contribution in [0.15, 0.2) is 61.3 Å². The maximum atomic E-state index is 3.82. The van der Waals surface area contributed by atoms with Crippen LogP contribution >= 0.6 is 0 Å². The maximum Gasteiger partial charge on any atom is -0.0167 e.